The Bertz CT molecular complexity index is 1210. The van der Waals surface area contributed by atoms with E-state index in [0.717, 1.165) is 23.3 Å². The summed E-state index contributed by atoms with van der Waals surface area (Å²) in [5.74, 6) is 1.21. The number of carbonyl (C=O) groups excluding carboxylic acids is 2. The van der Waals surface area contributed by atoms with Crippen LogP contribution in [0.15, 0.2) is 53.9 Å². The van der Waals surface area contributed by atoms with Crippen molar-refractivity contribution in [1.29, 1.82) is 0 Å². The van der Waals surface area contributed by atoms with E-state index in [4.69, 9.17) is 32.7 Å². The van der Waals surface area contributed by atoms with Crippen molar-refractivity contribution in [3.05, 3.63) is 74.4 Å². The molecule has 0 spiro atoms. The quantitative estimate of drug-likeness (QED) is 0.386. The second-order valence-electron chi connectivity index (χ2n) is 8.40. The van der Waals surface area contributed by atoms with E-state index in [9.17, 15) is 9.59 Å². The van der Waals surface area contributed by atoms with Gasteiger partial charge in [-0.2, -0.15) is 0 Å². The molecule has 35 heavy (non-hydrogen) atoms. The van der Waals surface area contributed by atoms with Crippen molar-refractivity contribution < 1.29 is 19.1 Å². The number of para-hydroxylation sites is 1. The maximum Gasteiger partial charge on any atom is 0.322 e. The van der Waals surface area contributed by atoms with E-state index in [1.807, 2.05) is 35.7 Å². The van der Waals surface area contributed by atoms with Crippen molar-refractivity contribution in [3.63, 3.8) is 0 Å². The molecular formula is C25H23Cl2N3O4S. The first-order valence-corrected chi connectivity index (χ1v) is 12.8. The van der Waals surface area contributed by atoms with Crippen molar-refractivity contribution in [2.75, 3.05) is 18.7 Å². The molecule has 0 unspecified atom stereocenters. The minimum Gasteiger partial charge on any atom is -0.454 e. The van der Waals surface area contributed by atoms with Crippen LogP contribution in [0.1, 0.15) is 23.3 Å². The first kappa shape index (κ1) is 23.8. The van der Waals surface area contributed by atoms with Crippen molar-refractivity contribution in [1.82, 2.24) is 9.80 Å². The molecule has 0 radical (unpaired) electrons. The van der Waals surface area contributed by atoms with E-state index >= 15 is 0 Å². The SMILES string of the molecule is O=C(CN(C(=O)Nc1c(Cl)cccc1Cl)C1CC1)N(Cc1ccc2c(c1)OCO2)Cc1cccs1. The number of carbonyl (C=O) groups is 2. The topological polar surface area (TPSA) is 71.1 Å². The Kier molecular flexibility index (Phi) is 7.04. The van der Waals surface area contributed by atoms with Gasteiger partial charge in [-0.05, 0) is 54.1 Å². The molecule has 182 valence electrons. The number of nitrogens with zero attached hydrogens (tertiary/aromatic N) is 2. The monoisotopic (exact) mass is 531 g/mol. The predicted octanol–water partition coefficient (Wildman–Crippen LogP) is 6.01. The van der Waals surface area contributed by atoms with Crippen LogP contribution >= 0.6 is 34.5 Å². The summed E-state index contributed by atoms with van der Waals surface area (Å²) >= 11 is 14.0. The second kappa shape index (κ2) is 10.4. The second-order valence-corrected chi connectivity index (χ2v) is 10.2. The highest BCUT2D eigenvalue weighted by atomic mass is 35.5. The van der Waals surface area contributed by atoms with E-state index in [-0.39, 0.29) is 25.3 Å². The number of amides is 3. The van der Waals surface area contributed by atoms with Gasteiger partial charge in [0.1, 0.15) is 6.54 Å². The van der Waals surface area contributed by atoms with Gasteiger partial charge in [0, 0.05) is 17.5 Å². The summed E-state index contributed by atoms with van der Waals surface area (Å²) < 4.78 is 10.9. The minimum atomic E-state index is -0.394. The van der Waals surface area contributed by atoms with Gasteiger partial charge >= 0.3 is 6.03 Å². The van der Waals surface area contributed by atoms with Crippen LogP contribution in [0.3, 0.4) is 0 Å². The standard InChI is InChI=1S/C25H23Cl2N3O4S/c26-19-4-1-5-20(27)24(19)28-25(32)30(17-7-8-17)14-23(31)29(13-18-3-2-10-35-18)12-16-6-9-21-22(11-16)34-15-33-21/h1-6,9-11,17H,7-8,12-15H2,(H,28,32). The molecule has 0 saturated heterocycles. The molecule has 0 atom stereocenters. The number of hydrogen-bond acceptors (Lipinski definition) is 5. The summed E-state index contributed by atoms with van der Waals surface area (Å²) in [7, 11) is 0. The maximum atomic E-state index is 13.5. The molecule has 0 bridgehead atoms. The fraction of sp³-hybridized carbons (Fsp3) is 0.280. The number of hydrogen-bond donors (Lipinski definition) is 1. The highest BCUT2D eigenvalue weighted by Crippen LogP contribution is 2.34. The molecule has 5 rings (SSSR count). The summed E-state index contributed by atoms with van der Waals surface area (Å²) in [6.45, 7) is 0.970. The van der Waals surface area contributed by atoms with Gasteiger partial charge in [0.05, 0.1) is 22.3 Å². The van der Waals surface area contributed by atoms with Crippen molar-refractivity contribution in [2.24, 2.45) is 0 Å². The summed E-state index contributed by atoms with van der Waals surface area (Å²) in [5.41, 5.74) is 1.26. The number of ether oxygens (including phenoxy) is 2. The molecular weight excluding hydrogens is 509 g/mol. The predicted molar refractivity (Wildman–Crippen MR) is 136 cm³/mol. The van der Waals surface area contributed by atoms with Crippen LogP contribution in [-0.4, -0.2) is 41.1 Å². The number of nitrogens with one attached hydrogen (secondary N) is 1. The fourth-order valence-electron chi connectivity index (χ4n) is 3.88. The largest absolute Gasteiger partial charge is 0.454 e. The molecule has 1 fully saturated rings. The van der Waals surface area contributed by atoms with E-state index in [1.165, 1.54) is 0 Å². The van der Waals surface area contributed by atoms with E-state index in [0.29, 0.717) is 40.3 Å². The van der Waals surface area contributed by atoms with Gasteiger partial charge in [0.15, 0.2) is 11.5 Å². The number of benzene rings is 2. The summed E-state index contributed by atoms with van der Waals surface area (Å²) in [6.07, 6.45) is 1.70. The number of urea groups is 1. The molecule has 1 aliphatic carbocycles. The smallest absolute Gasteiger partial charge is 0.322 e. The summed E-state index contributed by atoms with van der Waals surface area (Å²) in [4.78, 5) is 31.1. The highest BCUT2D eigenvalue weighted by Gasteiger charge is 2.35. The molecule has 7 nitrogen and oxygen atoms in total. The molecule has 2 aliphatic rings. The lowest BCUT2D eigenvalue weighted by Gasteiger charge is -2.28. The van der Waals surface area contributed by atoms with Crippen LogP contribution < -0.4 is 14.8 Å². The molecule has 10 heteroatoms. The molecule has 1 aromatic heterocycles. The Morgan fingerprint density at radius 3 is 2.49 bits per heavy atom. The van der Waals surface area contributed by atoms with Gasteiger partial charge in [-0.25, -0.2) is 4.79 Å². The van der Waals surface area contributed by atoms with Gasteiger partial charge in [-0.3, -0.25) is 4.79 Å². The Labute approximate surface area is 217 Å². The Hall–Kier alpha value is -2.94. The van der Waals surface area contributed by atoms with Crippen LogP contribution in [0.25, 0.3) is 0 Å². The lowest BCUT2D eigenvalue weighted by molar-refractivity contribution is -0.133. The number of anilines is 1. The summed E-state index contributed by atoms with van der Waals surface area (Å²) in [6, 6.07) is 14.3. The maximum absolute atomic E-state index is 13.5. The first-order valence-electron chi connectivity index (χ1n) is 11.2. The number of rotatable bonds is 8. The highest BCUT2D eigenvalue weighted by molar-refractivity contribution is 7.09. The normalized spacial score (nSPS) is 14.0. The van der Waals surface area contributed by atoms with Crippen molar-refractivity contribution >= 4 is 52.2 Å². The molecule has 1 N–H and O–H groups in total. The van der Waals surface area contributed by atoms with Gasteiger partial charge in [0.2, 0.25) is 12.7 Å². The average molecular weight is 532 g/mol. The van der Waals surface area contributed by atoms with Gasteiger partial charge in [-0.1, -0.05) is 41.4 Å². The number of fused-ring (bicyclic) bond motifs is 1. The third kappa shape index (κ3) is 5.66. The Morgan fingerprint density at radius 2 is 1.77 bits per heavy atom. The minimum absolute atomic E-state index is 0.00865. The fourth-order valence-corrected chi connectivity index (χ4v) is 5.09. The van der Waals surface area contributed by atoms with Crippen molar-refractivity contribution in [2.45, 2.75) is 32.0 Å². The van der Waals surface area contributed by atoms with Crippen LogP contribution in [0, 0.1) is 0 Å². The van der Waals surface area contributed by atoms with Crippen LogP contribution in [0.2, 0.25) is 10.0 Å². The average Bonchev–Trinajstić information content (AvgIpc) is 3.34. The Morgan fingerprint density at radius 1 is 1.00 bits per heavy atom. The molecule has 2 heterocycles. The van der Waals surface area contributed by atoms with E-state index in [1.54, 1.807) is 39.3 Å². The van der Waals surface area contributed by atoms with Crippen LogP contribution in [0.4, 0.5) is 10.5 Å². The molecule has 1 aliphatic heterocycles. The van der Waals surface area contributed by atoms with Gasteiger partial charge < -0.3 is 24.6 Å². The van der Waals surface area contributed by atoms with Crippen LogP contribution in [0.5, 0.6) is 11.5 Å². The van der Waals surface area contributed by atoms with Crippen LogP contribution in [-0.2, 0) is 17.9 Å². The lowest BCUT2D eigenvalue weighted by atomic mass is 10.2. The molecule has 3 aromatic rings. The Balaban J connectivity index is 1.33. The van der Waals surface area contributed by atoms with E-state index in [2.05, 4.69) is 5.32 Å². The third-order valence-corrected chi connectivity index (χ3v) is 7.33. The lowest BCUT2D eigenvalue weighted by Crippen LogP contribution is -2.45. The first-order chi connectivity index (χ1) is 17.0. The third-order valence-electron chi connectivity index (χ3n) is 5.84. The molecule has 3 amide bonds. The zero-order valence-electron chi connectivity index (χ0n) is 18.7. The van der Waals surface area contributed by atoms with Gasteiger partial charge in [-0.15, -0.1) is 11.3 Å². The summed E-state index contributed by atoms with van der Waals surface area (Å²) in [5, 5.41) is 5.46. The molecule has 1 saturated carbocycles. The number of thiophene rings is 1. The zero-order chi connectivity index (χ0) is 24.4. The zero-order valence-corrected chi connectivity index (χ0v) is 21.0. The van der Waals surface area contributed by atoms with Crippen molar-refractivity contribution in [3.8, 4) is 11.5 Å². The van der Waals surface area contributed by atoms with Gasteiger partial charge in [0.25, 0.3) is 0 Å². The van der Waals surface area contributed by atoms with E-state index < -0.39 is 6.03 Å². The number of halogens is 2. The molecule has 2 aromatic carbocycles.